The van der Waals surface area contributed by atoms with Crippen LogP contribution in [-0.4, -0.2) is 89.2 Å². The average molecular weight is 969 g/mol. The third kappa shape index (κ3) is 35.6. The zero-order valence-corrected chi connectivity index (χ0v) is 42.8. The summed E-state index contributed by atoms with van der Waals surface area (Å²) in [4.78, 5) is 50.8. The number of allylic oxidation sites excluding steroid dienone is 14. The smallest absolute Gasteiger partial charge is 0.335 e. The van der Waals surface area contributed by atoms with Gasteiger partial charge in [-0.15, -0.1) is 0 Å². The highest BCUT2D eigenvalue weighted by Gasteiger charge is 2.50. The van der Waals surface area contributed by atoms with Crippen LogP contribution in [0.15, 0.2) is 85.1 Å². The summed E-state index contributed by atoms with van der Waals surface area (Å²) in [6.45, 7) is 5.67. The average Bonchev–Trinajstić information content (AvgIpc) is 3.33. The van der Waals surface area contributed by atoms with Crippen molar-refractivity contribution >= 4 is 23.9 Å². The molecule has 0 saturated carbocycles. The highest BCUT2D eigenvalue weighted by molar-refractivity contribution is 5.74. The second-order valence-electron chi connectivity index (χ2n) is 17.8. The first kappa shape index (κ1) is 62.9. The van der Waals surface area contributed by atoms with Gasteiger partial charge in [-0.1, -0.05) is 189 Å². The summed E-state index contributed by atoms with van der Waals surface area (Å²) in [5.74, 6) is -3.25. The summed E-state index contributed by atoms with van der Waals surface area (Å²) in [7, 11) is 0. The van der Waals surface area contributed by atoms with E-state index in [-0.39, 0.29) is 25.9 Å². The summed E-state index contributed by atoms with van der Waals surface area (Å²) in [5, 5.41) is 31.3. The fraction of sp³-hybridized carbons (Fsp3) is 0.684. The lowest BCUT2D eigenvalue weighted by atomic mass is 9.98. The van der Waals surface area contributed by atoms with E-state index in [1.54, 1.807) is 0 Å². The molecule has 0 aromatic rings. The number of ether oxygens (including phenoxy) is 5. The summed E-state index contributed by atoms with van der Waals surface area (Å²) in [6.07, 6.45) is 44.5. The number of hydrogen-bond acceptors (Lipinski definition) is 11. The first-order valence-electron chi connectivity index (χ1n) is 26.6. The van der Waals surface area contributed by atoms with Crippen LogP contribution in [0.4, 0.5) is 0 Å². The van der Waals surface area contributed by atoms with E-state index in [4.69, 9.17) is 23.7 Å². The Kier molecular flexibility index (Phi) is 41.1. The number of hydrogen-bond donors (Lipinski definition) is 3. The molecular formula is C57H92O12. The second kappa shape index (κ2) is 45.1. The predicted octanol–water partition coefficient (Wildman–Crippen LogP) is 12.8. The molecule has 12 nitrogen and oxygen atoms in total. The van der Waals surface area contributed by atoms with Crippen molar-refractivity contribution in [2.45, 2.75) is 237 Å². The molecule has 12 heteroatoms. The van der Waals surface area contributed by atoms with Gasteiger partial charge in [-0.3, -0.25) is 14.4 Å². The molecule has 6 unspecified atom stereocenters. The van der Waals surface area contributed by atoms with Crippen LogP contribution in [-0.2, 0) is 42.9 Å². The van der Waals surface area contributed by atoms with E-state index in [2.05, 4.69) is 87.6 Å². The number of carboxylic acid groups (broad SMARTS) is 1. The molecule has 0 amide bonds. The predicted molar refractivity (Wildman–Crippen MR) is 275 cm³/mol. The third-order valence-corrected chi connectivity index (χ3v) is 11.5. The largest absolute Gasteiger partial charge is 0.479 e. The quantitative estimate of drug-likeness (QED) is 0.0229. The number of aliphatic hydroxyl groups is 2. The molecule has 0 aromatic carbocycles. The molecule has 392 valence electrons. The van der Waals surface area contributed by atoms with Crippen LogP contribution in [0.2, 0.25) is 0 Å². The molecule has 1 aliphatic heterocycles. The minimum atomic E-state index is -1.93. The van der Waals surface area contributed by atoms with Crippen LogP contribution in [0.25, 0.3) is 0 Å². The van der Waals surface area contributed by atoms with Crippen molar-refractivity contribution < 1.29 is 58.2 Å². The minimum Gasteiger partial charge on any atom is -0.479 e. The maximum Gasteiger partial charge on any atom is 0.335 e. The van der Waals surface area contributed by atoms with E-state index >= 15 is 0 Å². The topological polar surface area (TPSA) is 175 Å². The molecule has 0 aliphatic carbocycles. The molecule has 3 N–H and O–H groups in total. The van der Waals surface area contributed by atoms with Crippen molar-refractivity contribution in [2.75, 3.05) is 13.2 Å². The van der Waals surface area contributed by atoms with Gasteiger partial charge in [0.25, 0.3) is 0 Å². The number of carbonyl (C=O) groups excluding carboxylic acids is 3. The molecule has 69 heavy (non-hydrogen) atoms. The summed E-state index contributed by atoms with van der Waals surface area (Å²) >= 11 is 0. The molecule has 0 radical (unpaired) electrons. The number of carbonyl (C=O) groups is 4. The first-order chi connectivity index (χ1) is 33.6. The van der Waals surface area contributed by atoms with Crippen molar-refractivity contribution in [3.8, 4) is 0 Å². The summed E-state index contributed by atoms with van der Waals surface area (Å²) in [5.41, 5.74) is 0. The van der Waals surface area contributed by atoms with Gasteiger partial charge in [0.15, 0.2) is 24.6 Å². The molecule has 0 bridgehead atoms. The number of esters is 3. The molecule has 1 fully saturated rings. The highest BCUT2D eigenvalue weighted by atomic mass is 16.7. The lowest BCUT2D eigenvalue weighted by Gasteiger charge is -2.40. The Morgan fingerprint density at radius 1 is 0.493 bits per heavy atom. The van der Waals surface area contributed by atoms with Gasteiger partial charge in [0.05, 0.1) is 6.61 Å². The van der Waals surface area contributed by atoms with Crippen LogP contribution >= 0.6 is 0 Å². The van der Waals surface area contributed by atoms with Crippen LogP contribution < -0.4 is 0 Å². The minimum absolute atomic E-state index is 0.0636. The molecule has 1 rings (SSSR count). The highest BCUT2D eigenvalue weighted by Crippen LogP contribution is 2.26. The van der Waals surface area contributed by atoms with Gasteiger partial charge in [-0.2, -0.15) is 0 Å². The summed E-state index contributed by atoms with van der Waals surface area (Å²) < 4.78 is 28.2. The van der Waals surface area contributed by atoms with Gasteiger partial charge in [-0.05, 0) is 77.0 Å². The van der Waals surface area contributed by atoms with Crippen LogP contribution in [0.1, 0.15) is 201 Å². The number of aliphatic carboxylic acids is 1. The standard InChI is InChI=1S/C57H92O12/c1-4-7-10-13-16-19-21-23-24-25-26-28-29-32-34-37-40-43-49(58)65-46-48(67-50(59)44-41-38-35-31-18-15-12-9-6-3)47-66-57-55(53(62)52(61)54(69-57)56(63)64)68-51(60)45-42-39-36-33-30-27-22-20-17-14-11-8-5-2/h7-8,10-11,16-17,19-20,23-24,27,30,36,39,48,52-55,57,61-62H,4-6,9,12-15,18,21-22,25-26,28-29,31-35,37-38,40-47H2,1-3H3,(H,63,64)/b10-7-,11-8-,19-16-,20-17-,24-23-,30-27-,39-36-. The molecule has 0 aromatic heterocycles. The molecular weight excluding hydrogens is 877 g/mol. The zero-order chi connectivity index (χ0) is 50.4. The first-order valence-corrected chi connectivity index (χ1v) is 26.6. The van der Waals surface area contributed by atoms with Crippen molar-refractivity contribution in [3.63, 3.8) is 0 Å². The fourth-order valence-corrected chi connectivity index (χ4v) is 7.45. The lowest BCUT2D eigenvalue weighted by molar-refractivity contribution is -0.301. The van der Waals surface area contributed by atoms with E-state index in [1.807, 2.05) is 18.2 Å². The molecule has 1 aliphatic rings. The Morgan fingerprint density at radius 2 is 0.942 bits per heavy atom. The number of rotatable bonds is 43. The van der Waals surface area contributed by atoms with Gasteiger partial charge in [0.1, 0.15) is 18.8 Å². The van der Waals surface area contributed by atoms with Gasteiger partial charge < -0.3 is 39.0 Å². The van der Waals surface area contributed by atoms with Crippen molar-refractivity contribution in [2.24, 2.45) is 0 Å². The van der Waals surface area contributed by atoms with E-state index in [0.29, 0.717) is 25.7 Å². The monoisotopic (exact) mass is 969 g/mol. The molecule has 0 spiro atoms. The van der Waals surface area contributed by atoms with Crippen LogP contribution in [0, 0.1) is 0 Å². The third-order valence-electron chi connectivity index (χ3n) is 11.5. The molecule has 1 saturated heterocycles. The SMILES string of the molecule is CC/C=C\C/C=C\C/C=C\C/C=C\CCC(=O)OC1C(OCC(COC(=O)CCCCCCCCC/C=C\C/C=C\C/C=C\CC)OC(=O)CCCCCCCCCCC)OC(C(=O)O)C(O)C1O. The van der Waals surface area contributed by atoms with E-state index < -0.39 is 67.3 Å². The molecule has 6 atom stereocenters. The van der Waals surface area contributed by atoms with Gasteiger partial charge in [-0.25, -0.2) is 4.79 Å². The van der Waals surface area contributed by atoms with Crippen LogP contribution in [0.3, 0.4) is 0 Å². The van der Waals surface area contributed by atoms with Crippen LogP contribution in [0.5, 0.6) is 0 Å². The lowest BCUT2D eigenvalue weighted by Crippen LogP contribution is -2.61. The van der Waals surface area contributed by atoms with E-state index in [0.717, 1.165) is 96.3 Å². The van der Waals surface area contributed by atoms with Crippen molar-refractivity contribution in [1.82, 2.24) is 0 Å². The maximum atomic E-state index is 13.0. The maximum absolute atomic E-state index is 13.0. The Balaban J connectivity index is 2.73. The van der Waals surface area contributed by atoms with E-state index in [1.165, 1.54) is 38.5 Å². The van der Waals surface area contributed by atoms with Gasteiger partial charge in [0, 0.05) is 19.3 Å². The van der Waals surface area contributed by atoms with Gasteiger partial charge >= 0.3 is 23.9 Å². The Bertz CT molecular complexity index is 1530. The van der Waals surface area contributed by atoms with E-state index in [9.17, 15) is 34.5 Å². The molecule has 1 heterocycles. The number of unbranched alkanes of at least 4 members (excludes halogenated alkanes) is 15. The Labute approximate surface area is 416 Å². The zero-order valence-electron chi connectivity index (χ0n) is 42.8. The Morgan fingerprint density at radius 3 is 1.45 bits per heavy atom. The number of carboxylic acids is 1. The summed E-state index contributed by atoms with van der Waals surface area (Å²) in [6, 6.07) is 0. The van der Waals surface area contributed by atoms with Crippen molar-refractivity contribution in [3.05, 3.63) is 85.1 Å². The number of aliphatic hydroxyl groups excluding tert-OH is 2. The Hall–Kier alpha value is -4.10. The fourth-order valence-electron chi connectivity index (χ4n) is 7.45. The van der Waals surface area contributed by atoms with Gasteiger partial charge in [0.2, 0.25) is 0 Å². The second-order valence-corrected chi connectivity index (χ2v) is 17.8. The normalized spacial score (nSPS) is 19.3. The van der Waals surface area contributed by atoms with Crippen molar-refractivity contribution in [1.29, 1.82) is 0 Å².